The quantitative estimate of drug-likeness (QED) is 0.210. The van der Waals surface area contributed by atoms with Crippen LogP contribution in [-0.2, 0) is 28.6 Å². The number of aromatic nitrogens is 1. The zero-order chi connectivity index (χ0) is 33.3. The number of aromatic amines is 1. The van der Waals surface area contributed by atoms with Gasteiger partial charge in [-0.3, -0.25) is 19.2 Å². The number of ketones is 1. The lowest BCUT2D eigenvalue weighted by Gasteiger charge is -2.26. The van der Waals surface area contributed by atoms with E-state index in [2.05, 4.69) is 25.1 Å². The van der Waals surface area contributed by atoms with Gasteiger partial charge in [0.2, 0.25) is 11.8 Å². The highest BCUT2D eigenvalue weighted by Crippen LogP contribution is 2.27. The highest BCUT2D eigenvalue weighted by molar-refractivity contribution is 6.02. The van der Waals surface area contributed by atoms with Gasteiger partial charge in [0, 0.05) is 29.8 Å². The van der Waals surface area contributed by atoms with Crippen LogP contribution in [0.25, 0.3) is 10.9 Å². The molecule has 1 fully saturated rings. The first kappa shape index (κ1) is 34.7. The third kappa shape index (κ3) is 9.33. The van der Waals surface area contributed by atoms with Crippen LogP contribution in [0.15, 0.2) is 24.3 Å². The maximum Gasteiger partial charge on any atom is 0.509 e. The fourth-order valence-corrected chi connectivity index (χ4v) is 5.20. The number of hydrogen-bond acceptors (Lipinski definition) is 10. The summed E-state index contributed by atoms with van der Waals surface area (Å²) in [5, 5.41) is 14.9. The van der Waals surface area contributed by atoms with E-state index >= 15 is 0 Å². The van der Waals surface area contributed by atoms with Gasteiger partial charge < -0.3 is 44.6 Å². The molecule has 2 aromatic rings. The van der Waals surface area contributed by atoms with Crippen molar-refractivity contribution in [3.8, 4) is 5.75 Å². The minimum atomic E-state index is -1.56. The Morgan fingerprint density at radius 2 is 1.82 bits per heavy atom. The number of carboxylic acid groups (broad SMARTS) is 1. The van der Waals surface area contributed by atoms with Gasteiger partial charge in [0.25, 0.3) is 5.91 Å². The predicted molar refractivity (Wildman–Crippen MR) is 158 cm³/mol. The van der Waals surface area contributed by atoms with Crippen molar-refractivity contribution in [2.45, 2.75) is 64.8 Å². The Kier molecular flexibility index (Phi) is 12.1. The minimum absolute atomic E-state index is 0.0248. The average Bonchev–Trinajstić information content (AvgIpc) is 3.59. The highest BCUT2D eigenvalue weighted by Gasteiger charge is 2.39. The molecule has 1 saturated heterocycles. The molecule has 1 aromatic heterocycles. The molecule has 1 aromatic carbocycles. The number of likely N-dealkylation sites (tertiary alicyclic amines) is 1. The predicted octanol–water partition coefficient (Wildman–Crippen LogP) is 2.83. The summed E-state index contributed by atoms with van der Waals surface area (Å²) < 4.78 is 19.4. The van der Waals surface area contributed by atoms with E-state index in [9.17, 15) is 28.8 Å². The lowest BCUT2D eigenvalue weighted by Crippen LogP contribution is -2.53. The first-order chi connectivity index (χ1) is 21.3. The molecule has 45 heavy (non-hydrogen) atoms. The zero-order valence-corrected chi connectivity index (χ0v) is 25.9. The zero-order valence-electron chi connectivity index (χ0n) is 25.9. The molecule has 3 rings (SSSR count). The fraction of sp³-hybridized carbons (Fsp3) is 0.533. The van der Waals surface area contributed by atoms with Crippen LogP contribution in [0.4, 0.5) is 9.59 Å². The number of amides is 3. The van der Waals surface area contributed by atoms with Crippen LogP contribution in [0, 0.1) is 11.8 Å². The van der Waals surface area contributed by atoms with Gasteiger partial charge in [-0.15, -0.1) is 0 Å². The Morgan fingerprint density at radius 3 is 2.47 bits per heavy atom. The van der Waals surface area contributed by atoms with Gasteiger partial charge in [-0.2, -0.15) is 0 Å². The van der Waals surface area contributed by atoms with E-state index in [0.29, 0.717) is 23.1 Å². The molecular weight excluding hydrogens is 592 g/mol. The summed E-state index contributed by atoms with van der Waals surface area (Å²) in [5.41, 5.74) is 0.870. The number of ether oxygens (including phenoxy) is 4. The number of H-pyrrole nitrogens is 1. The number of nitrogens with one attached hydrogen (secondary N) is 3. The molecule has 1 aliphatic heterocycles. The second-order valence-electron chi connectivity index (χ2n) is 11.1. The Hall–Kier alpha value is -4.82. The van der Waals surface area contributed by atoms with Crippen molar-refractivity contribution in [3.05, 3.63) is 30.0 Å². The Balaban J connectivity index is 1.77. The van der Waals surface area contributed by atoms with Crippen molar-refractivity contribution in [2.24, 2.45) is 11.8 Å². The molecule has 0 spiro atoms. The van der Waals surface area contributed by atoms with E-state index in [4.69, 9.17) is 14.6 Å². The molecule has 246 valence electrons. The number of Topliss-reactive ketones (excluding diaryl/α,β-unsaturated/α-hetero) is 1. The molecular formula is C30H40N4O11. The molecule has 2 heterocycles. The standard InChI is InChI=1S/C30H40N4O11/c1-16(2)13-22(33-27(37)23-15-19-20(31-23)7-6-8-25(19)42-4)26(36)32-21(24(35)10-12-44-29(39)40)14-18-9-11-34(28(18)38)17(3)45-30(41)43-5/h6-8,15-18,21-22,31H,9-14H2,1-5H3,(H,32,36)(H,33,37)(H,39,40)/t17-,18-,21-,22-/m0/s1. The van der Waals surface area contributed by atoms with E-state index in [1.807, 2.05) is 13.8 Å². The summed E-state index contributed by atoms with van der Waals surface area (Å²) in [6, 6.07) is 4.70. The Bertz CT molecular complexity index is 1410. The molecule has 0 unspecified atom stereocenters. The third-order valence-corrected chi connectivity index (χ3v) is 7.44. The van der Waals surface area contributed by atoms with Gasteiger partial charge in [0.15, 0.2) is 12.0 Å². The van der Waals surface area contributed by atoms with Gasteiger partial charge in [-0.05, 0) is 50.3 Å². The van der Waals surface area contributed by atoms with Gasteiger partial charge in [0.05, 0.1) is 20.3 Å². The number of benzene rings is 1. The van der Waals surface area contributed by atoms with Gasteiger partial charge >= 0.3 is 12.3 Å². The van der Waals surface area contributed by atoms with Gasteiger partial charge in [0.1, 0.15) is 24.1 Å². The lowest BCUT2D eigenvalue weighted by atomic mass is 9.94. The topological polar surface area (TPSA) is 203 Å². The average molecular weight is 633 g/mol. The van der Waals surface area contributed by atoms with Crippen LogP contribution in [0.2, 0.25) is 0 Å². The molecule has 0 bridgehead atoms. The Labute approximate surface area is 259 Å². The number of methoxy groups -OCH3 is 2. The number of fused-ring (bicyclic) bond motifs is 1. The summed E-state index contributed by atoms with van der Waals surface area (Å²) in [4.78, 5) is 79.9. The SMILES string of the molecule is COC(=O)O[C@@H](C)N1CC[C@@H](C[C@H](NC(=O)[C@H](CC(C)C)NC(=O)c2cc3c(OC)cccc3[nH]2)C(=O)CCOC(=O)O)C1=O. The van der Waals surface area contributed by atoms with Crippen molar-refractivity contribution in [3.63, 3.8) is 0 Å². The molecule has 15 nitrogen and oxygen atoms in total. The minimum Gasteiger partial charge on any atom is -0.496 e. The molecule has 15 heteroatoms. The molecule has 0 radical (unpaired) electrons. The molecule has 0 aliphatic carbocycles. The van der Waals surface area contributed by atoms with Crippen molar-refractivity contribution in [1.82, 2.24) is 20.5 Å². The summed E-state index contributed by atoms with van der Waals surface area (Å²) >= 11 is 0. The molecule has 4 N–H and O–H groups in total. The first-order valence-electron chi connectivity index (χ1n) is 14.5. The summed E-state index contributed by atoms with van der Waals surface area (Å²) in [6.45, 7) is 5.05. The lowest BCUT2D eigenvalue weighted by molar-refractivity contribution is -0.140. The van der Waals surface area contributed by atoms with Crippen molar-refractivity contribution in [2.75, 3.05) is 27.4 Å². The number of hydrogen-bond donors (Lipinski definition) is 4. The van der Waals surface area contributed by atoms with Crippen LogP contribution >= 0.6 is 0 Å². The number of rotatable bonds is 15. The third-order valence-electron chi connectivity index (χ3n) is 7.44. The first-order valence-corrected chi connectivity index (χ1v) is 14.5. The Morgan fingerprint density at radius 1 is 1.09 bits per heavy atom. The fourth-order valence-electron chi connectivity index (χ4n) is 5.20. The normalized spacial score (nSPS) is 16.5. The van der Waals surface area contributed by atoms with Crippen LogP contribution in [0.5, 0.6) is 5.75 Å². The maximum atomic E-state index is 13.6. The largest absolute Gasteiger partial charge is 0.509 e. The van der Waals surface area contributed by atoms with E-state index in [-0.39, 0.29) is 43.3 Å². The highest BCUT2D eigenvalue weighted by atomic mass is 16.7. The maximum absolute atomic E-state index is 13.6. The van der Waals surface area contributed by atoms with Crippen LogP contribution < -0.4 is 15.4 Å². The molecule has 4 atom stereocenters. The molecule has 1 aliphatic rings. The second-order valence-corrected chi connectivity index (χ2v) is 11.1. The van der Waals surface area contributed by atoms with E-state index < -0.39 is 60.7 Å². The van der Waals surface area contributed by atoms with E-state index in [1.54, 1.807) is 24.3 Å². The van der Waals surface area contributed by atoms with Crippen LogP contribution in [0.3, 0.4) is 0 Å². The van der Waals surface area contributed by atoms with Crippen molar-refractivity contribution >= 4 is 46.7 Å². The van der Waals surface area contributed by atoms with E-state index in [1.165, 1.54) is 18.9 Å². The molecule has 0 saturated carbocycles. The number of carbonyl (C=O) groups excluding carboxylic acids is 5. The van der Waals surface area contributed by atoms with Gasteiger partial charge in [-0.25, -0.2) is 9.59 Å². The van der Waals surface area contributed by atoms with Crippen molar-refractivity contribution < 1.29 is 52.8 Å². The monoisotopic (exact) mass is 632 g/mol. The molecule has 3 amide bonds. The smallest absolute Gasteiger partial charge is 0.496 e. The number of nitrogens with zero attached hydrogens (tertiary/aromatic N) is 1. The van der Waals surface area contributed by atoms with Gasteiger partial charge in [-0.1, -0.05) is 19.9 Å². The van der Waals surface area contributed by atoms with E-state index in [0.717, 1.165) is 7.11 Å². The summed E-state index contributed by atoms with van der Waals surface area (Å²) in [5.74, 6) is -2.29. The summed E-state index contributed by atoms with van der Waals surface area (Å²) in [7, 11) is 2.66. The van der Waals surface area contributed by atoms with Crippen molar-refractivity contribution in [1.29, 1.82) is 0 Å². The van der Waals surface area contributed by atoms with Crippen LogP contribution in [0.1, 0.15) is 56.9 Å². The second kappa shape index (κ2) is 15.8. The number of carbonyl (C=O) groups is 6. The van der Waals surface area contributed by atoms with Crippen LogP contribution in [-0.4, -0.2) is 96.5 Å². The summed E-state index contributed by atoms with van der Waals surface area (Å²) in [6.07, 6.45) is -3.32.